The molecule has 1 saturated carbocycles. The molecule has 1 fully saturated rings. The molecule has 0 unspecified atom stereocenters. The van der Waals surface area contributed by atoms with Crippen LogP contribution in [0.3, 0.4) is 0 Å². The van der Waals surface area contributed by atoms with E-state index in [4.69, 9.17) is 5.73 Å². The summed E-state index contributed by atoms with van der Waals surface area (Å²) in [4.78, 5) is -0.280. The minimum Gasteiger partial charge on any atom is -0.328 e. The molecule has 0 atom stereocenters. The van der Waals surface area contributed by atoms with Crippen LogP contribution < -0.4 is 5.73 Å². The molecule has 0 aromatic heterocycles. The lowest BCUT2D eigenvalue weighted by atomic mass is 9.92. The minimum atomic E-state index is -3.81. The van der Waals surface area contributed by atoms with Crippen LogP contribution in [0.15, 0.2) is 27.6 Å². The van der Waals surface area contributed by atoms with Gasteiger partial charge in [0.2, 0.25) is 10.0 Å². The third kappa shape index (κ3) is 3.21. The number of hydrogen-bond acceptors (Lipinski definition) is 3. The molecule has 0 aliphatic heterocycles. The zero-order chi connectivity index (χ0) is 14.9. The summed E-state index contributed by atoms with van der Waals surface area (Å²) < 4.78 is 40.6. The Kier molecular flexibility index (Phi) is 4.84. The van der Waals surface area contributed by atoms with Gasteiger partial charge in [-0.25, -0.2) is 12.8 Å². The number of nitrogens with zero attached hydrogens (tertiary/aromatic N) is 1. The van der Waals surface area contributed by atoms with Gasteiger partial charge < -0.3 is 5.73 Å². The Labute approximate surface area is 127 Å². The molecule has 0 radical (unpaired) electrons. The van der Waals surface area contributed by atoms with Crippen LogP contribution in [0.1, 0.15) is 25.7 Å². The molecule has 0 heterocycles. The van der Waals surface area contributed by atoms with Crippen molar-refractivity contribution >= 4 is 26.0 Å². The van der Waals surface area contributed by atoms with Gasteiger partial charge in [0.25, 0.3) is 0 Å². The van der Waals surface area contributed by atoms with E-state index in [1.165, 1.54) is 23.5 Å². The van der Waals surface area contributed by atoms with Crippen molar-refractivity contribution in [2.75, 3.05) is 7.05 Å². The first kappa shape index (κ1) is 15.9. The Bertz CT molecular complexity index is 586. The topological polar surface area (TPSA) is 63.4 Å². The molecule has 1 aliphatic carbocycles. The number of rotatable bonds is 3. The second kappa shape index (κ2) is 6.09. The lowest BCUT2D eigenvalue weighted by Crippen LogP contribution is -2.42. The molecule has 0 spiro atoms. The summed E-state index contributed by atoms with van der Waals surface area (Å²) in [5, 5.41) is 0. The number of benzene rings is 1. The molecule has 112 valence electrons. The fraction of sp³-hybridized carbons (Fsp3) is 0.538. The van der Waals surface area contributed by atoms with Gasteiger partial charge in [-0.15, -0.1) is 0 Å². The minimum absolute atomic E-state index is 0.108. The Morgan fingerprint density at radius 3 is 2.45 bits per heavy atom. The predicted octanol–water partition coefficient (Wildman–Crippen LogP) is 2.48. The molecule has 1 aromatic rings. The monoisotopic (exact) mass is 364 g/mol. The SMILES string of the molecule is CN(C1CCC(N)CC1)S(=O)(=O)c1ccc(Br)cc1F. The average molecular weight is 365 g/mol. The van der Waals surface area contributed by atoms with Crippen molar-refractivity contribution in [2.24, 2.45) is 5.73 Å². The van der Waals surface area contributed by atoms with Crippen LogP contribution in [0.2, 0.25) is 0 Å². The van der Waals surface area contributed by atoms with Crippen molar-refractivity contribution in [2.45, 2.75) is 42.7 Å². The number of halogens is 2. The van der Waals surface area contributed by atoms with Crippen molar-refractivity contribution < 1.29 is 12.8 Å². The summed E-state index contributed by atoms with van der Waals surface area (Å²) in [5.41, 5.74) is 5.82. The molecule has 2 N–H and O–H groups in total. The molecule has 0 saturated heterocycles. The lowest BCUT2D eigenvalue weighted by molar-refractivity contribution is 0.268. The van der Waals surface area contributed by atoms with Gasteiger partial charge in [0.05, 0.1) is 0 Å². The van der Waals surface area contributed by atoms with E-state index in [0.717, 1.165) is 31.7 Å². The van der Waals surface area contributed by atoms with E-state index in [2.05, 4.69) is 15.9 Å². The molecule has 1 aliphatic rings. The van der Waals surface area contributed by atoms with E-state index in [9.17, 15) is 12.8 Å². The fourth-order valence-electron chi connectivity index (χ4n) is 2.50. The van der Waals surface area contributed by atoms with Crippen molar-refractivity contribution in [1.82, 2.24) is 4.31 Å². The van der Waals surface area contributed by atoms with Gasteiger partial charge in [0.1, 0.15) is 10.7 Å². The van der Waals surface area contributed by atoms with Gasteiger partial charge in [0.15, 0.2) is 0 Å². The standard InChI is InChI=1S/C13H18BrFN2O2S/c1-17(11-5-3-10(16)4-6-11)20(18,19)13-7-2-9(14)8-12(13)15/h2,7-8,10-11H,3-6,16H2,1H3. The third-order valence-electron chi connectivity index (χ3n) is 3.81. The quantitative estimate of drug-likeness (QED) is 0.895. The molecule has 0 bridgehead atoms. The van der Waals surface area contributed by atoms with E-state index in [1.54, 1.807) is 0 Å². The Hall–Kier alpha value is -0.500. The molecule has 2 rings (SSSR count). The second-order valence-electron chi connectivity index (χ2n) is 5.16. The van der Waals surface area contributed by atoms with E-state index in [-0.39, 0.29) is 17.0 Å². The highest BCUT2D eigenvalue weighted by molar-refractivity contribution is 9.10. The molecule has 7 heteroatoms. The lowest BCUT2D eigenvalue weighted by Gasteiger charge is -2.32. The van der Waals surface area contributed by atoms with Crippen molar-refractivity contribution in [1.29, 1.82) is 0 Å². The number of hydrogen-bond donors (Lipinski definition) is 1. The fourth-order valence-corrected chi connectivity index (χ4v) is 4.29. The van der Waals surface area contributed by atoms with Crippen LogP contribution >= 0.6 is 15.9 Å². The predicted molar refractivity (Wildman–Crippen MR) is 79.3 cm³/mol. The van der Waals surface area contributed by atoms with Crippen molar-refractivity contribution in [3.05, 3.63) is 28.5 Å². The average Bonchev–Trinajstić information content (AvgIpc) is 2.38. The van der Waals surface area contributed by atoms with Crippen LogP contribution in [0.25, 0.3) is 0 Å². The highest BCUT2D eigenvalue weighted by atomic mass is 79.9. The molecule has 20 heavy (non-hydrogen) atoms. The van der Waals surface area contributed by atoms with Gasteiger partial charge in [0, 0.05) is 23.6 Å². The number of nitrogens with two attached hydrogens (primary N) is 1. The Balaban J connectivity index is 2.25. The normalized spacial score (nSPS) is 24.1. The highest BCUT2D eigenvalue weighted by Crippen LogP contribution is 2.28. The van der Waals surface area contributed by atoms with Gasteiger partial charge >= 0.3 is 0 Å². The van der Waals surface area contributed by atoms with Crippen LogP contribution in [-0.4, -0.2) is 31.9 Å². The first-order chi connectivity index (χ1) is 9.32. The van der Waals surface area contributed by atoms with Gasteiger partial charge in [-0.3, -0.25) is 0 Å². The summed E-state index contributed by atoms with van der Waals surface area (Å²) >= 11 is 3.12. The van der Waals surface area contributed by atoms with Gasteiger partial charge in [-0.05, 0) is 43.9 Å². The maximum atomic E-state index is 13.9. The zero-order valence-corrected chi connectivity index (χ0v) is 13.6. The molecule has 4 nitrogen and oxygen atoms in total. The van der Waals surface area contributed by atoms with Crippen molar-refractivity contribution in [3.63, 3.8) is 0 Å². The van der Waals surface area contributed by atoms with Crippen LogP contribution in [0.5, 0.6) is 0 Å². The summed E-state index contributed by atoms with van der Waals surface area (Å²) in [6.07, 6.45) is 3.03. The Morgan fingerprint density at radius 1 is 1.30 bits per heavy atom. The number of sulfonamides is 1. The maximum Gasteiger partial charge on any atom is 0.245 e. The van der Waals surface area contributed by atoms with E-state index in [1.807, 2.05) is 0 Å². The summed E-state index contributed by atoms with van der Waals surface area (Å²) in [6.45, 7) is 0. The molecular weight excluding hydrogens is 347 g/mol. The summed E-state index contributed by atoms with van der Waals surface area (Å²) in [6, 6.07) is 4.02. The molecular formula is C13H18BrFN2O2S. The zero-order valence-electron chi connectivity index (χ0n) is 11.2. The van der Waals surface area contributed by atoms with E-state index < -0.39 is 15.8 Å². The highest BCUT2D eigenvalue weighted by Gasteiger charge is 2.32. The second-order valence-corrected chi connectivity index (χ2v) is 8.05. The summed E-state index contributed by atoms with van der Waals surface area (Å²) in [7, 11) is -2.29. The first-order valence-electron chi connectivity index (χ1n) is 6.51. The van der Waals surface area contributed by atoms with Gasteiger partial charge in [-0.2, -0.15) is 4.31 Å². The third-order valence-corrected chi connectivity index (χ3v) is 6.24. The van der Waals surface area contributed by atoms with E-state index in [0.29, 0.717) is 4.47 Å². The largest absolute Gasteiger partial charge is 0.328 e. The smallest absolute Gasteiger partial charge is 0.245 e. The Morgan fingerprint density at radius 2 is 1.90 bits per heavy atom. The first-order valence-corrected chi connectivity index (χ1v) is 8.74. The van der Waals surface area contributed by atoms with E-state index >= 15 is 0 Å². The summed E-state index contributed by atoms with van der Waals surface area (Å²) in [5.74, 6) is -0.737. The van der Waals surface area contributed by atoms with Crippen LogP contribution in [0, 0.1) is 5.82 Å². The van der Waals surface area contributed by atoms with Crippen LogP contribution in [-0.2, 0) is 10.0 Å². The van der Waals surface area contributed by atoms with Crippen molar-refractivity contribution in [3.8, 4) is 0 Å². The molecule has 1 aromatic carbocycles. The maximum absolute atomic E-state index is 13.9. The van der Waals surface area contributed by atoms with Gasteiger partial charge in [-0.1, -0.05) is 15.9 Å². The van der Waals surface area contributed by atoms with Crippen LogP contribution in [0.4, 0.5) is 4.39 Å². The molecule has 0 amide bonds.